The molecule has 0 N–H and O–H groups in total. The van der Waals surface area contributed by atoms with Gasteiger partial charge < -0.3 is 14.4 Å². The highest BCUT2D eigenvalue weighted by atomic mass is 19.1. The number of hydrogen-bond donors (Lipinski definition) is 0. The van der Waals surface area contributed by atoms with Crippen molar-refractivity contribution in [3.63, 3.8) is 0 Å². The van der Waals surface area contributed by atoms with Crippen molar-refractivity contribution in [3.8, 4) is 11.5 Å². The van der Waals surface area contributed by atoms with Crippen LogP contribution in [0.2, 0.25) is 0 Å². The molecule has 2 atom stereocenters. The van der Waals surface area contributed by atoms with E-state index >= 15 is 0 Å². The van der Waals surface area contributed by atoms with Gasteiger partial charge in [-0.3, -0.25) is 4.79 Å². The van der Waals surface area contributed by atoms with Crippen LogP contribution in [0.5, 0.6) is 11.5 Å². The molecule has 2 aliphatic rings. The normalized spacial score (nSPS) is 21.1. The summed E-state index contributed by atoms with van der Waals surface area (Å²) in [5.74, 6) is 1.81. The first-order valence-electron chi connectivity index (χ1n) is 10.0. The Kier molecular flexibility index (Phi) is 5.51. The Labute approximate surface area is 165 Å². The second-order valence-electron chi connectivity index (χ2n) is 7.86. The second-order valence-corrected chi connectivity index (χ2v) is 7.86. The topological polar surface area (TPSA) is 38.8 Å². The Balaban J connectivity index is 1.31. The minimum Gasteiger partial charge on any atom is -0.493 e. The van der Waals surface area contributed by atoms with E-state index in [9.17, 15) is 9.18 Å². The highest BCUT2D eigenvalue weighted by Gasteiger charge is 2.25. The zero-order chi connectivity index (χ0) is 19.5. The predicted molar refractivity (Wildman–Crippen MR) is 105 cm³/mol. The van der Waals surface area contributed by atoms with E-state index in [0.29, 0.717) is 31.2 Å². The van der Waals surface area contributed by atoms with Gasteiger partial charge in [0.1, 0.15) is 23.4 Å². The maximum absolute atomic E-state index is 13.0. The molecule has 0 bridgehead atoms. The molecular weight excluding hydrogens is 357 g/mol. The summed E-state index contributed by atoms with van der Waals surface area (Å²) < 4.78 is 24.5. The first-order valence-corrected chi connectivity index (χ1v) is 10.0. The van der Waals surface area contributed by atoms with E-state index in [1.165, 1.54) is 17.7 Å². The van der Waals surface area contributed by atoms with Crippen molar-refractivity contribution in [2.75, 3.05) is 19.7 Å². The smallest absolute Gasteiger partial charge is 0.227 e. The summed E-state index contributed by atoms with van der Waals surface area (Å²) >= 11 is 0. The lowest BCUT2D eigenvalue weighted by molar-refractivity contribution is -0.132. The summed E-state index contributed by atoms with van der Waals surface area (Å²) in [6.07, 6.45) is 3.57. The van der Waals surface area contributed by atoms with Gasteiger partial charge in [0.15, 0.2) is 0 Å². The summed E-state index contributed by atoms with van der Waals surface area (Å²) in [6, 6.07) is 12.2. The molecule has 0 aromatic heterocycles. The van der Waals surface area contributed by atoms with Gasteiger partial charge in [-0.1, -0.05) is 12.1 Å². The van der Waals surface area contributed by atoms with Crippen molar-refractivity contribution in [3.05, 3.63) is 59.4 Å². The van der Waals surface area contributed by atoms with Gasteiger partial charge in [0.2, 0.25) is 5.91 Å². The number of amides is 1. The van der Waals surface area contributed by atoms with Gasteiger partial charge in [-0.25, -0.2) is 4.39 Å². The lowest BCUT2D eigenvalue weighted by Crippen LogP contribution is -2.42. The quantitative estimate of drug-likeness (QED) is 0.783. The maximum Gasteiger partial charge on any atom is 0.227 e. The molecule has 5 heteroatoms. The van der Waals surface area contributed by atoms with Crippen LogP contribution < -0.4 is 9.47 Å². The van der Waals surface area contributed by atoms with Gasteiger partial charge in [-0.05, 0) is 61.2 Å². The van der Waals surface area contributed by atoms with Gasteiger partial charge in [0.05, 0.1) is 13.0 Å². The van der Waals surface area contributed by atoms with Gasteiger partial charge in [0.25, 0.3) is 0 Å². The predicted octanol–water partition coefficient (Wildman–Crippen LogP) is 4.01. The third-order valence-electron chi connectivity index (χ3n) is 5.49. The molecule has 0 radical (unpaired) electrons. The summed E-state index contributed by atoms with van der Waals surface area (Å²) in [5.41, 5.74) is 2.24. The average molecular weight is 383 g/mol. The highest BCUT2D eigenvalue weighted by molar-refractivity contribution is 5.79. The molecule has 1 saturated heterocycles. The SMILES string of the molecule is C[C@H]1Cc2cc(CC(=O)N3CCC[C@H](COc4ccc(F)cc4)C3)ccc2O1. The number of likely N-dealkylation sites (tertiary alicyclic amines) is 1. The minimum absolute atomic E-state index is 0.165. The molecule has 148 valence electrons. The molecule has 0 unspecified atom stereocenters. The maximum atomic E-state index is 13.0. The fourth-order valence-electron chi connectivity index (χ4n) is 4.04. The molecular formula is C23H26FNO3. The van der Waals surface area contributed by atoms with E-state index in [0.717, 1.165) is 37.1 Å². The van der Waals surface area contributed by atoms with Crippen molar-refractivity contribution in [2.45, 2.75) is 38.7 Å². The van der Waals surface area contributed by atoms with E-state index in [-0.39, 0.29) is 17.8 Å². The lowest BCUT2D eigenvalue weighted by Gasteiger charge is -2.32. The fraction of sp³-hybridized carbons (Fsp3) is 0.435. The zero-order valence-corrected chi connectivity index (χ0v) is 16.2. The number of carbonyl (C=O) groups excluding carboxylic acids is 1. The van der Waals surface area contributed by atoms with Gasteiger partial charge >= 0.3 is 0 Å². The number of nitrogens with zero attached hydrogens (tertiary/aromatic N) is 1. The molecule has 0 spiro atoms. The fourth-order valence-corrected chi connectivity index (χ4v) is 4.04. The number of ether oxygens (including phenoxy) is 2. The summed E-state index contributed by atoms with van der Waals surface area (Å²) in [5, 5.41) is 0. The number of halogens is 1. The van der Waals surface area contributed by atoms with Crippen LogP contribution in [0.25, 0.3) is 0 Å². The van der Waals surface area contributed by atoms with Crippen LogP contribution >= 0.6 is 0 Å². The number of carbonyl (C=O) groups is 1. The molecule has 2 heterocycles. The van der Waals surface area contributed by atoms with Crippen molar-refractivity contribution in [1.82, 2.24) is 4.90 Å². The molecule has 4 nitrogen and oxygen atoms in total. The minimum atomic E-state index is -0.269. The Morgan fingerprint density at radius 1 is 1.25 bits per heavy atom. The Hall–Kier alpha value is -2.56. The Morgan fingerprint density at radius 3 is 2.89 bits per heavy atom. The van der Waals surface area contributed by atoms with Crippen LogP contribution in [0, 0.1) is 11.7 Å². The summed E-state index contributed by atoms with van der Waals surface area (Å²) in [6.45, 7) is 4.12. The average Bonchev–Trinajstić information content (AvgIpc) is 3.07. The molecule has 2 aromatic rings. The Morgan fingerprint density at radius 2 is 2.07 bits per heavy atom. The van der Waals surface area contributed by atoms with E-state index in [2.05, 4.69) is 13.0 Å². The molecule has 2 aromatic carbocycles. The Bertz CT molecular complexity index is 836. The third kappa shape index (κ3) is 4.46. The van der Waals surface area contributed by atoms with Crippen molar-refractivity contribution in [2.24, 2.45) is 5.92 Å². The van der Waals surface area contributed by atoms with Crippen molar-refractivity contribution < 1.29 is 18.7 Å². The number of fused-ring (bicyclic) bond motifs is 1. The van der Waals surface area contributed by atoms with Crippen LogP contribution in [0.15, 0.2) is 42.5 Å². The molecule has 1 fully saturated rings. The summed E-state index contributed by atoms with van der Waals surface area (Å²) in [7, 11) is 0. The van der Waals surface area contributed by atoms with Crippen molar-refractivity contribution >= 4 is 5.91 Å². The molecule has 0 saturated carbocycles. The van der Waals surface area contributed by atoms with Crippen LogP contribution in [0.3, 0.4) is 0 Å². The monoisotopic (exact) mass is 383 g/mol. The highest BCUT2D eigenvalue weighted by Crippen LogP contribution is 2.29. The summed E-state index contributed by atoms with van der Waals surface area (Å²) in [4.78, 5) is 14.8. The zero-order valence-electron chi connectivity index (χ0n) is 16.2. The standard InChI is InChI=1S/C23H26FNO3/c1-16-11-19-12-17(4-9-22(19)28-16)13-23(26)25-10-2-3-18(14-25)15-27-21-7-5-20(24)6-8-21/h4-9,12,16,18H,2-3,10-11,13-15H2,1H3/t16-,18-/m0/s1. The van der Waals surface area contributed by atoms with E-state index in [1.54, 1.807) is 12.1 Å². The van der Waals surface area contributed by atoms with Crippen LogP contribution in [0.1, 0.15) is 30.9 Å². The second kappa shape index (κ2) is 8.21. The first-order chi connectivity index (χ1) is 13.6. The lowest BCUT2D eigenvalue weighted by atomic mass is 9.98. The number of piperidine rings is 1. The molecule has 0 aliphatic carbocycles. The molecule has 4 rings (SSSR count). The number of rotatable bonds is 5. The van der Waals surface area contributed by atoms with Gasteiger partial charge in [-0.15, -0.1) is 0 Å². The first kappa shape index (κ1) is 18.8. The van der Waals surface area contributed by atoms with Crippen LogP contribution in [0.4, 0.5) is 4.39 Å². The molecule has 28 heavy (non-hydrogen) atoms. The van der Waals surface area contributed by atoms with E-state index in [4.69, 9.17) is 9.47 Å². The van der Waals surface area contributed by atoms with Crippen LogP contribution in [-0.4, -0.2) is 36.6 Å². The number of benzene rings is 2. The van der Waals surface area contributed by atoms with E-state index in [1.807, 2.05) is 17.0 Å². The van der Waals surface area contributed by atoms with E-state index < -0.39 is 0 Å². The van der Waals surface area contributed by atoms with Crippen LogP contribution in [-0.2, 0) is 17.6 Å². The van der Waals surface area contributed by atoms with Gasteiger partial charge in [0, 0.05) is 25.4 Å². The third-order valence-corrected chi connectivity index (χ3v) is 5.49. The van der Waals surface area contributed by atoms with Gasteiger partial charge in [-0.2, -0.15) is 0 Å². The molecule has 2 aliphatic heterocycles. The number of hydrogen-bond acceptors (Lipinski definition) is 3. The molecule has 1 amide bonds. The largest absolute Gasteiger partial charge is 0.493 e. The van der Waals surface area contributed by atoms with Crippen molar-refractivity contribution in [1.29, 1.82) is 0 Å².